The summed E-state index contributed by atoms with van der Waals surface area (Å²) >= 11 is 0. The lowest BCUT2D eigenvalue weighted by Crippen LogP contribution is -2.40. The quantitative estimate of drug-likeness (QED) is 0.902. The molecule has 0 spiro atoms. The van der Waals surface area contributed by atoms with Gasteiger partial charge >= 0.3 is 0 Å². The van der Waals surface area contributed by atoms with Crippen molar-refractivity contribution in [3.8, 4) is 0 Å². The summed E-state index contributed by atoms with van der Waals surface area (Å²) in [6.45, 7) is 2.64. The third-order valence-electron chi connectivity index (χ3n) is 3.37. The number of amides is 1. The molecule has 0 aromatic heterocycles. The van der Waals surface area contributed by atoms with Crippen LogP contribution < -0.4 is 10.6 Å². The van der Waals surface area contributed by atoms with Gasteiger partial charge in [0, 0.05) is 13.1 Å². The first-order chi connectivity index (χ1) is 9.17. The number of hydrogen-bond acceptors (Lipinski definition) is 3. The lowest BCUT2D eigenvalue weighted by atomic mass is 10.1. The van der Waals surface area contributed by atoms with Crippen LogP contribution in [0.25, 0.3) is 0 Å². The number of likely N-dealkylation sites (N-methyl/N-ethyl adjacent to an activating group) is 1. The molecule has 2 atom stereocenters. The van der Waals surface area contributed by atoms with Crippen LogP contribution in [0, 0.1) is 5.82 Å². The predicted molar refractivity (Wildman–Crippen MR) is 71.4 cm³/mol. The molecule has 0 bridgehead atoms. The van der Waals surface area contributed by atoms with Gasteiger partial charge in [0.2, 0.25) is 0 Å². The Kier molecular flexibility index (Phi) is 4.50. The molecule has 104 valence electrons. The van der Waals surface area contributed by atoms with Crippen LogP contribution in [0.4, 0.5) is 10.1 Å². The highest BCUT2D eigenvalue weighted by Crippen LogP contribution is 2.25. The van der Waals surface area contributed by atoms with Gasteiger partial charge in [0.1, 0.15) is 11.9 Å². The molecule has 0 saturated carbocycles. The molecule has 1 aromatic carbocycles. The second-order valence-electron chi connectivity index (χ2n) is 4.59. The van der Waals surface area contributed by atoms with E-state index in [2.05, 4.69) is 0 Å². The number of nitrogens with zero attached hydrogens (tertiary/aromatic N) is 1. The Morgan fingerprint density at radius 1 is 1.47 bits per heavy atom. The van der Waals surface area contributed by atoms with Crippen molar-refractivity contribution in [1.82, 2.24) is 0 Å². The van der Waals surface area contributed by atoms with Crippen molar-refractivity contribution < 1.29 is 13.9 Å². The first kappa shape index (κ1) is 14.0. The molecule has 4 nitrogen and oxygen atoms in total. The van der Waals surface area contributed by atoms with Crippen LogP contribution in [0.2, 0.25) is 0 Å². The Labute approximate surface area is 112 Å². The Bertz CT molecular complexity index is 453. The van der Waals surface area contributed by atoms with E-state index in [0.717, 1.165) is 6.42 Å². The van der Waals surface area contributed by atoms with E-state index in [-0.39, 0.29) is 12.0 Å². The van der Waals surface area contributed by atoms with Crippen molar-refractivity contribution in [3.05, 3.63) is 30.1 Å². The fourth-order valence-corrected chi connectivity index (χ4v) is 2.35. The SMILES string of the molecule is CCN(C(=O)C1CCC(CN)O1)c1ccccc1F. The summed E-state index contributed by atoms with van der Waals surface area (Å²) in [4.78, 5) is 13.8. The zero-order valence-corrected chi connectivity index (χ0v) is 11.0. The minimum Gasteiger partial charge on any atom is -0.364 e. The molecule has 5 heteroatoms. The largest absolute Gasteiger partial charge is 0.364 e. The van der Waals surface area contributed by atoms with Crippen LogP contribution >= 0.6 is 0 Å². The molecule has 0 radical (unpaired) electrons. The van der Waals surface area contributed by atoms with Crippen molar-refractivity contribution in [2.45, 2.75) is 32.0 Å². The second-order valence-corrected chi connectivity index (χ2v) is 4.59. The molecular weight excluding hydrogens is 247 g/mol. The van der Waals surface area contributed by atoms with E-state index < -0.39 is 11.9 Å². The van der Waals surface area contributed by atoms with E-state index >= 15 is 0 Å². The summed E-state index contributed by atoms with van der Waals surface area (Å²) in [5.41, 5.74) is 5.83. The number of rotatable bonds is 4. The molecule has 19 heavy (non-hydrogen) atoms. The maximum Gasteiger partial charge on any atom is 0.256 e. The average Bonchev–Trinajstić information content (AvgIpc) is 2.90. The van der Waals surface area contributed by atoms with Crippen LogP contribution in [0.15, 0.2) is 24.3 Å². The fraction of sp³-hybridized carbons (Fsp3) is 0.500. The predicted octanol–water partition coefficient (Wildman–Crippen LogP) is 1.68. The van der Waals surface area contributed by atoms with Crippen molar-refractivity contribution in [2.24, 2.45) is 5.73 Å². The first-order valence-electron chi connectivity index (χ1n) is 6.58. The number of ether oxygens (including phenoxy) is 1. The van der Waals surface area contributed by atoms with E-state index in [0.29, 0.717) is 25.2 Å². The summed E-state index contributed by atoms with van der Waals surface area (Å²) in [5.74, 6) is -0.588. The Hall–Kier alpha value is -1.46. The van der Waals surface area contributed by atoms with Gasteiger partial charge in [0.25, 0.3) is 5.91 Å². The molecule has 0 aliphatic carbocycles. The number of anilines is 1. The molecule has 2 unspecified atom stereocenters. The Balaban J connectivity index is 2.14. The molecule has 1 aromatic rings. The van der Waals surface area contributed by atoms with E-state index in [1.54, 1.807) is 18.2 Å². The number of para-hydroxylation sites is 1. The molecule has 1 saturated heterocycles. The summed E-state index contributed by atoms with van der Waals surface area (Å²) in [6, 6.07) is 6.27. The van der Waals surface area contributed by atoms with E-state index in [1.807, 2.05) is 6.92 Å². The van der Waals surface area contributed by atoms with Gasteiger partial charge in [-0.15, -0.1) is 0 Å². The van der Waals surface area contributed by atoms with Gasteiger partial charge in [-0.25, -0.2) is 4.39 Å². The monoisotopic (exact) mass is 266 g/mol. The van der Waals surface area contributed by atoms with Crippen molar-refractivity contribution in [3.63, 3.8) is 0 Å². The zero-order valence-electron chi connectivity index (χ0n) is 11.0. The number of halogens is 1. The Morgan fingerprint density at radius 2 is 2.21 bits per heavy atom. The average molecular weight is 266 g/mol. The maximum atomic E-state index is 13.8. The molecule has 1 amide bonds. The van der Waals surface area contributed by atoms with Gasteiger partial charge in [-0.05, 0) is 31.9 Å². The molecule has 1 heterocycles. The normalized spacial score (nSPS) is 22.5. The van der Waals surface area contributed by atoms with Crippen LogP contribution in [-0.4, -0.2) is 31.2 Å². The van der Waals surface area contributed by atoms with Crippen LogP contribution in [-0.2, 0) is 9.53 Å². The molecule has 1 aliphatic heterocycles. The number of benzene rings is 1. The number of hydrogen-bond donors (Lipinski definition) is 1. The van der Waals surface area contributed by atoms with E-state index in [9.17, 15) is 9.18 Å². The van der Waals surface area contributed by atoms with Crippen LogP contribution in [0.3, 0.4) is 0 Å². The van der Waals surface area contributed by atoms with Crippen LogP contribution in [0.1, 0.15) is 19.8 Å². The zero-order chi connectivity index (χ0) is 13.8. The lowest BCUT2D eigenvalue weighted by Gasteiger charge is -2.24. The number of carbonyl (C=O) groups excluding carboxylic acids is 1. The van der Waals surface area contributed by atoms with Gasteiger partial charge in [0.15, 0.2) is 0 Å². The van der Waals surface area contributed by atoms with Crippen LogP contribution in [0.5, 0.6) is 0 Å². The molecule has 1 fully saturated rings. The fourth-order valence-electron chi connectivity index (χ4n) is 2.35. The lowest BCUT2D eigenvalue weighted by molar-refractivity contribution is -0.129. The topological polar surface area (TPSA) is 55.6 Å². The highest BCUT2D eigenvalue weighted by atomic mass is 19.1. The summed E-state index contributed by atoms with van der Waals surface area (Å²) < 4.78 is 19.3. The second kappa shape index (κ2) is 6.12. The third-order valence-corrected chi connectivity index (χ3v) is 3.37. The smallest absolute Gasteiger partial charge is 0.256 e. The molecular formula is C14H19FN2O2. The standard InChI is InChI=1S/C14H19FN2O2/c1-2-17(12-6-4-3-5-11(12)15)14(18)13-8-7-10(9-16)19-13/h3-6,10,13H,2,7-9,16H2,1H3. The summed E-state index contributed by atoms with van der Waals surface area (Å²) in [7, 11) is 0. The van der Waals surface area contributed by atoms with Crippen molar-refractivity contribution in [2.75, 3.05) is 18.0 Å². The summed E-state index contributed by atoms with van der Waals surface area (Å²) in [5, 5.41) is 0. The van der Waals surface area contributed by atoms with Gasteiger partial charge in [-0.2, -0.15) is 0 Å². The highest BCUT2D eigenvalue weighted by Gasteiger charge is 2.33. The number of carbonyl (C=O) groups is 1. The minimum atomic E-state index is -0.506. The maximum absolute atomic E-state index is 13.8. The van der Waals surface area contributed by atoms with Gasteiger partial charge in [-0.1, -0.05) is 12.1 Å². The third kappa shape index (κ3) is 2.93. The van der Waals surface area contributed by atoms with Gasteiger partial charge < -0.3 is 15.4 Å². The van der Waals surface area contributed by atoms with Crippen molar-refractivity contribution in [1.29, 1.82) is 0 Å². The summed E-state index contributed by atoms with van der Waals surface area (Å²) in [6.07, 6.45) is 0.856. The highest BCUT2D eigenvalue weighted by molar-refractivity contribution is 5.96. The van der Waals surface area contributed by atoms with Crippen molar-refractivity contribution >= 4 is 11.6 Å². The molecule has 1 aliphatic rings. The first-order valence-corrected chi connectivity index (χ1v) is 6.58. The molecule has 2 N–H and O–H groups in total. The number of nitrogens with two attached hydrogens (primary N) is 1. The van der Waals surface area contributed by atoms with E-state index in [1.165, 1.54) is 11.0 Å². The minimum absolute atomic E-state index is 0.0618. The van der Waals surface area contributed by atoms with Gasteiger partial charge in [0.05, 0.1) is 11.8 Å². The van der Waals surface area contributed by atoms with E-state index in [4.69, 9.17) is 10.5 Å². The molecule has 2 rings (SSSR count). The Morgan fingerprint density at radius 3 is 2.79 bits per heavy atom. The van der Waals surface area contributed by atoms with Gasteiger partial charge in [-0.3, -0.25) is 4.79 Å².